The van der Waals surface area contributed by atoms with Crippen LogP contribution in [0, 0.1) is 0 Å². The van der Waals surface area contributed by atoms with E-state index >= 15 is 0 Å². The molecule has 0 bridgehead atoms. The van der Waals surface area contributed by atoms with Crippen LogP contribution in [-0.4, -0.2) is 43.6 Å². The first-order chi connectivity index (χ1) is 17.6. The Labute approximate surface area is 208 Å². The molecule has 36 heavy (non-hydrogen) atoms. The zero-order valence-electron chi connectivity index (χ0n) is 20.1. The Morgan fingerprint density at radius 2 is 1.75 bits per heavy atom. The van der Waals surface area contributed by atoms with Gasteiger partial charge in [0, 0.05) is 36.7 Å². The molecular formula is C28H29N5O3. The smallest absolute Gasteiger partial charge is 0.326 e. The number of piperidine rings is 1. The van der Waals surface area contributed by atoms with Crippen LogP contribution in [-0.2, 0) is 19.3 Å². The number of aromatic nitrogens is 4. The van der Waals surface area contributed by atoms with E-state index in [-0.39, 0.29) is 23.2 Å². The molecule has 1 saturated heterocycles. The number of nitrogens with zero attached hydrogens (tertiary/aromatic N) is 3. The number of aromatic amines is 2. The van der Waals surface area contributed by atoms with Crippen molar-refractivity contribution in [3.8, 4) is 0 Å². The van der Waals surface area contributed by atoms with Crippen LogP contribution in [0.5, 0.6) is 0 Å². The van der Waals surface area contributed by atoms with E-state index in [1.807, 2.05) is 58.0 Å². The summed E-state index contributed by atoms with van der Waals surface area (Å²) in [6, 6.07) is 15.5. The van der Waals surface area contributed by atoms with E-state index in [9.17, 15) is 14.4 Å². The Kier molecular flexibility index (Phi) is 5.79. The van der Waals surface area contributed by atoms with Gasteiger partial charge in [0.1, 0.15) is 0 Å². The molecule has 0 unspecified atom stereocenters. The van der Waals surface area contributed by atoms with Crippen molar-refractivity contribution in [1.29, 1.82) is 0 Å². The largest absolute Gasteiger partial charge is 0.338 e. The van der Waals surface area contributed by atoms with Crippen LogP contribution in [0.4, 0.5) is 0 Å². The van der Waals surface area contributed by atoms with Crippen LogP contribution in [0.15, 0.2) is 58.1 Å². The highest BCUT2D eigenvalue weighted by molar-refractivity contribution is 5.94. The highest BCUT2D eigenvalue weighted by Crippen LogP contribution is 2.26. The molecule has 2 aromatic heterocycles. The van der Waals surface area contributed by atoms with Crippen LogP contribution >= 0.6 is 0 Å². The molecule has 0 spiro atoms. The summed E-state index contributed by atoms with van der Waals surface area (Å²) in [6.45, 7) is 1.21. The predicted molar refractivity (Wildman–Crippen MR) is 137 cm³/mol. The quantitative estimate of drug-likeness (QED) is 0.464. The minimum absolute atomic E-state index is 0.0121. The van der Waals surface area contributed by atoms with Gasteiger partial charge in [-0.2, -0.15) is 5.10 Å². The van der Waals surface area contributed by atoms with Crippen LogP contribution in [0.3, 0.4) is 0 Å². The fourth-order valence-corrected chi connectivity index (χ4v) is 5.83. The molecule has 1 amide bonds. The third-order valence-corrected chi connectivity index (χ3v) is 7.67. The third kappa shape index (κ3) is 4.06. The maximum atomic E-state index is 13.3. The van der Waals surface area contributed by atoms with Crippen LogP contribution in [0.1, 0.15) is 64.5 Å². The third-order valence-electron chi connectivity index (χ3n) is 7.67. The Bertz CT molecular complexity index is 1560. The molecule has 0 atom stereocenters. The van der Waals surface area contributed by atoms with Gasteiger partial charge in [-0.15, -0.1) is 0 Å². The number of hydrogen-bond donors (Lipinski definition) is 2. The summed E-state index contributed by atoms with van der Waals surface area (Å²) >= 11 is 0. The van der Waals surface area contributed by atoms with E-state index in [4.69, 9.17) is 0 Å². The fraction of sp³-hybridized carbons (Fsp3) is 0.357. The highest BCUT2D eigenvalue weighted by Gasteiger charge is 2.27. The molecule has 2 N–H and O–H groups in total. The molecular weight excluding hydrogens is 454 g/mol. The summed E-state index contributed by atoms with van der Waals surface area (Å²) in [5, 5.41) is 7.01. The number of imidazole rings is 1. The lowest BCUT2D eigenvalue weighted by molar-refractivity contribution is 0.0695. The summed E-state index contributed by atoms with van der Waals surface area (Å²) in [5.74, 6) is 0.0121. The number of hydrogen-bond acceptors (Lipinski definition) is 4. The second-order valence-corrected chi connectivity index (χ2v) is 9.88. The zero-order valence-corrected chi connectivity index (χ0v) is 20.1. The van der Waals surface area contributed by atoms with Gasteiger partial charge in [0.05, 0.1) is 16.7 Å². The maximum absolute atomic E-state index is 13.3. The van der Waals surface area contributed by atoms with Crippen molar-refractivity contribution in [3.05, 3.63) is 97.3 Å². The minimum atomic E-state index is -0.0910. The molecule has 8 heteroatoms. The molecule has 4 aromatic rings. The fourth-order valence-electron chi connectivity index (χ4n) is 5.83. The Morgan fingerprint density at radius 1 is 0.972 bits per heavy atom. The van der Waals surface area contributed by atoms with Gasteiger partial charge < -0.3 is 9.88 Å². The summed E-state index contributed by atoms with van der Waals surface area (Å²) in [7, 11) is 0. The average molecular weight is 484 g/mol. The van der Waals surface area contributed by atoms with Gasteiger partial charge in [0.25, 0.3) is 11.5 Å². The van der Waals surface area contributed by atoms with Gasteiger partial charge in [-0.05, 0) is 73.9 Å². The van der Waals surface area contributed by atoms with Crippen molar-refractivity contribution in [2.24, 2.45) is 0 Å². The summed E-state index contributed by atoms with van der Waals surface area (Å²) in [5.41, 5.74) is 6.12. The van der Waals surface area contributed by atoms with Gasteiger partial charge in [0.2, 0.25) is 0 Å². The summed E-state index contributed by atoms with van der Waals surface area (Å²) < 4.78 is 1.84. The van der Waals surface area contributed by atoms with E-state index in [1.165, 1.54) is 0 Å². The van der Waals surface area contributed by atoms with Gasteiger partial charge in [0.15, 0.2) is 0 Å². The van der Waals surface area contributed by atoms with E-state index in [0.717, 1.165) is 71.9 Å². The Hall–Kier alpha value is -3.94. The molecule has 2 aromatic carbocycles. The van der Waals surface area contributed by atoms with Crippen molar-refractivity contribution in [2.45, 2.75) is 51.0 Å². The minimum Gasteiger partial charge on any atom is -0.338 e. The van der Waals surface area contributed by atoms with Crippen molar-refractivity contribution < 1.29 is 4.79 Å². The lowest BCUT2D eigenvalue weighted by atomic mass is 9.90. The molecule has 0 saturated carbocycles. The summed E-state index contributed by atoms with van der Waals surface area (Å²) in [4.78, 5) is 42.9. The van der Waals surface area contributed by atoms with Crippen LogP contribution in [0.2, 0.25) is 0 Å². The molecule has 184 valence electrons. The molecule has 1 aliphatic carbocycles. The molecule has 0 radical (unpaired) electrons. The van der Waals surface area contributed by atoms with E-state index in [2.05, 4.69) is 15.2 Å². The molecule has 3 heterocycles. The van der Waals surface area contributed by atoms with Gasteiger partial charge >= 0.3 is 5.69 Å². The van der Waals surface area contributed by atoms with E-state index in [1.54, 1.807) is 0 Å². The number of nitrogens with one attached hydrogen (secondary N) is 2. The van der Waals surface area contributed by atoms with Crippen molar-refractivity contribution in [3.63, 3.8) is 0 Å². The molecule has 1 fully saturated rings. The number of H-pyrrole nitrogens is 2. The number of carbonyl (C=O) groups is 1. The number of amides is 1. The van der Waals surface area contributed by atoms with Crippen LogP contribution in [0.25, 0.3) is 11.0 Å². The first kappa shape index (κ1) is 22.5. The number of fused-ring (bicyclic) bond motifs is 2. The first-order valence-corrected chi connectivity index (χ1v) is 12.8. The van der Waals surface area contributed by atoms with Crippen LogP contribution < -0.4 is 11.2 Å². The average Bonchev–Trinajstić information content (AvgIpc) is 3.26. The molecule has 8 nitrogen and oxygen atoms in total. The van der Waals surface area contributed by atoms with Crippen molar-refractivity contribution >= 4 is 16.9 Å². The highest BCUT2D eigenvalue weighted by atomic mass is 16.2. The molecule has 1 aliphatic heterocycles. The second-order valence-electron chi connectivity index (χ2n) is 9.88. The van der Waals surface area contributed by atoms with E-state index < -0.39 is 0 Å². The lowest BCUT2D eigenvalue weighted by Crippen LogP contribution is -2.40. The normalized spacial score (nSPS) is 16.3. The molecule has 2 aliphatic rings. The number of benzene rings is 2. The number of rotatable bonds is 4. The number of para-hydroxylation sites is 2. The number of likely N-dealkylation sites (tertiary alicyclic amines) is 1. The predicted octanol–water partition coefficient (Wildman–Crippen LogP) is 3.36. The summed E-state index contributed by atoms with van der Waals surface area (Å²) in [6.07, 6.45) is 5.86. The lowest BCUT2D eigenvalue weighted by Gasteiger charge is -2.32. The van der Waals surface area contributed by atoms with Crippen molar-refractivity contribution in [1.82, 2.24) is 24.6 Å². The van der Waals surface area contributed by atoms with E-state index in [0.29, 0.717) is 25.1 Å². The molecule has 6 rings (SSSR count). The van der Waals surface area contributed by atoms with Crippen molar-refractivity contribution in [2.75, 3.05) is 13.1 Å². The number of carbonyl (C=O) groups excluding carboxylic acids is 1. The zero-order chi connectivity index (χ0) is 24.6. The second kappa shape index (κ2) is 9.26. The van der Waals surface area contributed by atoms with Gasteiger partial charge in [-0.3, -0.25) is 14.2 Å². The monoisotopic (exact) mass is 483 g/mol. The SMILES string of the molecule is O=C(c1cccc(Cc2n[nH]c(=O)c3c2CCCC3)c1)N1CCC(n2c(=O)[nH]c3ccccc32)CC1. The standard InChI is InChI=1S/C28H29N5O3/c34-26-22-9-2-1-8-21(22)24(30-31-26)17-18-6-5-7-19(16-18)27(35)32-14-12-20(13-15-32)33-25-11-4-3-10-23(25)29-28(33)36/h3-7,10-11,16,20H,1-2,8-9,12-15,17H2,(H,29,36)(H,31,34). The maximum Gasteiger partial charge on any atom is 0.326 e. The Balaban J connectivity index is 1.17. The Morgan fingerprint density at radius 3 is 2.58 bits per heavy atom. The van der Waals surface area contributed by atoms with Gasteiger partial charge in [-0.1, -0.05) is 24.3 Å². The topological polar surface area (TPSA) is 104 Å². The van der Waals surface area contributed by atoms with Gasteiger partial charge in [-0.25, -0.2) is 9.89 Å². The first-order valence-electron chi connectivity index (χ1n) is 12.8.